The lowest BCUT2D eigenvalue weighted by atomic mass is 9.95. The second-order valence-electron chi connectivity index (χ2n) is 6.80. The molecule has 1 aliphatic heterocycles. The molecule has 0 aromatic heterocycles. The van der Waals surface area contributed by atoms with Crippen molar-refractivity contribution in [1.29, 1.82) is 0 Å². The van der Waals surface area contributed by atoms with E-state index in [1.807, 2.05) is 11.8 Å². The van der Waals surface area contributed by atoms with Crippen molar-refractivity contribution >= 4 is 17.6 Å². The fourth-order valence-corrected chi connectivity index (χ4v) is 3.48. The Morgan fingerprint density at radius 3 is 2.52 bits per heavy atom. The van der Waals surface area contributed by atoms with Gasteiger partial charge in [-0.1, -0.05) is 12.1 Å². The van der Waals surface area contributed by atoms with E-state index in [0.717, 1.165) is 30.4 Å². The summed E-state index contributed by atoms with van der Waals surface area (Å²) in [5.41, 5.74) is 2.99. The van der Waals surface area contributed by atoms with Crippen LogP contribution in [0.5, 0.6) is 0 Å². The van der Waals surface area contributed by atoms with Gasteiger partial charge < -0.3 is 15.5 Å². The molecule has 0 radical (unpaired) electrons. The number of anilines is 1. The third-order valence-corrected chi connectivity index (χ3v) is 4.98. The third-order valence-electron chi connectivity index (χ3n) is 4.98. The topological polar surface area (TPSA) is 61.4 Å². The number of amides is 3. The van der Waals surface area contributed by atoms with Crippen molar-refractivity contribution < 1.29 is 14.0 Å². The smallest absolute Gasteiger partial charge is 0.322 e. The molecule has 3 rings (SSSR count). The number of hydrogen-bond donors (Lipinski definition) is 2. The summed E-state index contributed by atoms with van der Waals surface area (Å²) in [5, 5.41) is 5.54. The molecule has 1 atom stereocenters. The average molecular weight is 369 g/mol. The number of halogens is 1. The molecule has 2 aromatic carbocycles. The average Bonchev–Trinajstić information content (AvgIpc) is 2.69. The van der Waals surface area contributed by atoms with Crippen LogP contribution in [0.2, 0.25) is 0 Å². The Labute approximate surface area is 158 Å². The molecule has 27 heavy (non-hydrogen) atoms. The predicted octanol–water partition coefficient (Wildman–Crippen LogP) is 4.25. The first kappa shape index (κ1) is 18.9. The first-order chi connectivity index (χ1) is 13.0. The number of carbonyl (C=O) groups excluding carboxylic acids is 2. The summed E-state index contributed by atoms with van der Waals surface area (Å²) in [4.78, 5) is 26.5. The Hall–Kier alpha value is -2.89. The summed E-state index contributed by atoms with van der Waals surface area (Å²) in [5.74, 6) is -0.444. The number of urea groups is 1. The maximum Gasteiger partial charge on any atom is 0.322 e. The number of carbonyl (C=O) groups is 2. The van der Waals surface area contributed by atoms with Gasteiger partial charge in [-0.3, -0.25) is 4.79 Å². The molecule has 2 N–H and O–H groups in total. The zero-order chi connectivity index (χ0) is 19.4. The van der Waals surface area contributed by atoms with Crippen molar-refractivity contribution in [3.8, 4) is 0 Å². The minimum atomic E-state index is -0.280. The van der Waals surface area contributed by atoms with Gasteiger partial charge in [-0.05, 0) is 67.6 Å². The highest BCUT2D eigenvalue weighted by atomic mass is 19.1. The van der Waals surface area contributed by atoms with Gasteiger partial charge in [0, 0.05) is 24.8 Å². The molecule has 0 spiro atoms. The highest BCUT2D eigenvalue weighted by molar-refractivity contribution is 5.96. The maximum absolute atomic E-state index is 13.2. The molecule has 1 fully saturated rings. The standard InChI is InChI=1S/C21H24FN3O2/c1-14-13-16(20(26)23-2)8-11-18(14)24-21(27)25-12-4-3-5-19(25)15-6-9-17(22)10-7-15/h6-11,13,19H,3-5,12H2,1-2H3,(H,23,26)(H,24,27)/t19-/m1/s1. The molecular formula is C21H24FN3O2. The second-order valence-corrected chi connectivity index (χ2v) is 6.80. The molecule has 3 amide bonds. The van der Waals surface area contributed by atoms with E-state index >= 15 is 0 Å². The van der Waals surface area contributed by atoms with E-state index in [-0.39, 0.29) is 23.8 Å². The Morgan fingerprint density at radius 2 is 1.85 bits per heavy atom. The lowest BCUT2D eigenvalue weighted by molar-refractivity contribution is 0.0963. The van der Waals surface area contributed by atoms with E-state index in [2.05, 4.69) is 10.6 Å². The first-order valence-electron chi connectivity index (χ1n) is 9.15. The number of nitrogens with zero attached hydrogens (tertiary/aromatic N) is 1. The summed E-state index contributed by atoms with van der Waals surface area (Å²) in [6, 6.07) is 11.3. The minimum Gasteiger partial charge on any atom is -0.355 e. The van der Waals surface area contributed by atoms with E-state index < -0.39 is 0 Å². The van der Waals surface area contributed by atoms with Gasteiger partial charge in [-0.2, -0.15) is 0 Å². The van der Waals surface area contributed by atoms with E-state index in [4.69, 9.17) is 0 Å². The Balaban J connectivity index is 1.77. The van der Waals surface area contributed by atoms with Crippen molar-refractivity contribution in [3.05, 3.63) is 65.0 Å². The van der Waals surface area contributed by atoms with Crippen LogP contribution in [-0.2, 0) is 0 Å². The minimum absolute atomic E-state index is 0.0650. The van der Waals surface area contributed by atoms with Gasteiger partial charge in [0.2, 0.25) is 0 Å². The van der Waals surface area contributed by atoms with Crippen molar-refractivity contribution in [2.24, 2.45) is 0 Å². The van der Waals surface area contributed by atoms with Crippen molar-refractivity contribution in [2.45, 2.75) is 32.2 Å². The van der Waals surface area contributed by atoms with Gasteiger partial charge in [-0.25, -0.2) is 9.18 Å². The molecular weight excluding hydrogens is 345 g/mol. The van der Waals surface area contributed by atoms with Crippen molar-refractivity contribution in [2.75, 3.05) is 18.9 Å². The van der Waals surface area contributed by atoms with Gasteiger partial charge >= 0.3 is 6.03 Å². The number of benzene rings is 2. The van der Waals surface area contributed by atoms with Crippen molar-refractivity contribution in [3.63, 3.8) is 0 Å². The fraction of sp³-hybridized carbons (Fsp3) is 0.333. The van der Waals surface area contributed by atoms with Crippen LogP contribution >= 0.6 is 0 Å². The Kier molecular flexibility index (Phi) is 5.74. The molecule has 0 saturated carbocycles. The monoisotopic (exact) mass is 369 g/mol. The number of piperidine rings is 1. The Bertz CT molecular complexity index is 836. The van der Waals surface area contributed by atoms with Gasteiger partial charge in [-0.15, -0.1) is 0 Å². The van der Waals surface area contributed by atoms with Crippen LogP contribution in [0.25, 0.3) is 0 Å². The summed E-state index contributed by atoms with van der Waals surface area (Å²) in [6.07, 6.45) is 2.83. The highest BCUT2D eigenvalue weighted by Crippen LogP contribution is 2.31. The van der Waals surface area contributed by atoms with E-state index in [1.54, 1.807) is 37.4 Å². The van der Waals surface area contributed by atoms with Gasteiger partial charge in [0.15, 0.2) is 0 Å². The van der Waals surface area contributed by atoms with Gasteiger partial charge in [0.1, 0.15) is 5.82 Å². The predicted molar refractivity (Wildman–Crippen MR) is 103 cm³/mol. The van der Waals surface area contributed by atoms with Crippen molar-refractivity contribution in [1.82, 2.24) is 10.2 Å². The van der Waals surface area contributed by atoms with Gasteiger partial charge in [0.25, 0.3) is 5.91 Å². The fourth-order valence-electron chi connectivity index (χ4n) is 3.48. The molecule has 1 saturated heterocycles. The van der Waals surface area contributed by atoms with Crippen LogP contribution < -0.4 is 10.6 Å². The molecule has 5 nitrogen and oxygen atoms in total. The maximum atomic E-state index is 13.2. The summed E-state index contributed by atoms with van der Waals surface area (Å²) in [6.45, 7) is 2.51. The highest BCUT2D eigenvalue weighted by Gasteiger charge is 2.28. The van der Waals surface area contributed by atoms with E-state index in [1.165, 1.54) is 12.1 Å². The molecule has 1 heterocycles. The van der Waals surface area contributed by atoms with E-state index in [0.29, 0.717) is 17.8 Å². The zero-order valence-electron chi connectivity index (χ0n) is 15.6. The number of aryl methyl sites for hydroxylation is 1. The number of rotatable bonds is 3. The largest absolute Gasteiger partial charge is 0.355 e. The molecule has 142 valence electrons. The number of hydrogen-bond acceptors (Lipinski definition) is 2. The quantitative estimate of drug-likeness (QED) is 0.849. The van der Waals surface area contributed by atoms with Crippen LogP contribution in [0, 0.1) is 12.7 Å². The number of nitrogens with one attached hydrogen (secondary N) is 2. The molecule has 6 heteroatoms. The normalized spacial score (nSPS) is 16.7. The summed E-state index contributed by atoms with van der Waals surface area (Å²) >= 11 is 0. The van der Waals surface area contributed by atoms with Crippen LogP contribution in [0.1, 0.15) is 46.8 Å². The molecule has 0 aliphatic carbocycles. The molecule has 0 unspecified atom stereocenters. The third kappa shape index (κ3) is 4.27. The molecule has 0 bridgehead atoms. The zero-order valence-corrected chi connectivity index (χ0v) is 15.6. The SMILES string of the molecule is CNC(=O)c1ccc(NC(=O)N2CCCC[C@@H]2c2ccc(F)cc2)c(C)c1. The first-order valence-corrected chi connectivity index (χ1v) is 9.15. The lowest BCUT2D eigenvalue weighted by Gasteiger charge is -2.36. The number of likely N-dealkylation sites (tertiary alicyclic amines) is 1. The summed E-state index contributed by atoms with van der Waals surface area (Å²) in [7, 11) is 1.58. The summed E-state index contributed by atoms with van der Waals surface area (Å²) < 4.78 is 13.2. The lowest BCUT2D eigenvalue weighted by Crippen LogP contribution is -2.41. The van der Waals surface area contributed by atoms with Gasteiger partial charge in [0.05, 0.1) is 6.04 Å². The van der Waals surface area contributed by atoms with Crippen LogP contribution in [0.15, 0.2) is 42.5 Å². The van der Waals surface area contributed by atoms with Crippen LogP contribution in [-0.4, -0.2) is 30.4 Å². The van der Waals surface area contributed by atoms with Crippen LogP contribution in [0.4, 0.5) is 14.9 Å². The van der Waals surface area contributed by atoms with E-state index in [9.17, 15) is 14.0 Å². The molecule has 2 aromatic rings. The second kappa shape index (κ2) is 8.20. The Morgan fingerprint density at radius 1 is 1.11 bits per heavy atom. The molecule has 1 aliphatic rings. The van der Waals surface area contributed by atoms with Crippen LogP contribution in [0.3, 0.4) is 0 Å².